The molecule has 0 fully saturated rings. The van der Waals surface area contributed by atoms with Gasteiger partial charge in [0.25, 0.3) is 0 Å². The van der Waals surface area contributed by atoms with Crippen molar-refractivity contribution in [2.24, 2.45) is 5.41 Å². The summed E-state index contributed by atoms with van der Waals surface area (Å²) in [6.45, 7) is 9.72. The van der Waals surface area contributed by atoms with Gasteiger partial charge in [-0.1, -0.05) is 20.8 Å². The predicted octanol–water partition coefficient (Wildman–Crippen LogP) is 3.15. The zero-order valence-corrected chi connectivity index (χ0v) is 20.0. The predicted molar refractivity (Wildman–Crippen MR) is 125 cm³/mol. The first-order chi connectivity index (χ1) is 14.7. The largest absolute Gasteiger partial charge is 0.486 e. The molecule has 0 saturated carbocycles. The number of ether oxygens (including phenoxy) is 2. The van der Waals surface area contributed by atoms with E-state index in [4.69, 9.17) is 15.2 Å². The van der Waals surface area contributed by atoms with Gasteiger partial charge in [-0.15, -0.1) is 0 Å². The molecule has 8 nitrogen and oxygen atoms in total. The Hall–Kier alpha value is -2.21. The number of imidazole rings is 1. The Morgan fingerprint density at radius 1 is 1.16 bits per heavy atom. The monoisotopic (exact) mass is 540 g/mol. The van der Waals surface area contributed by atoms with Crippen molar-refractivity contribution in [3.05, 3.63) is 33.2 Å². The number of aromatic nitrogens is 4. The molecule has 31 heavy (non-hydrogen) atoms. The van der Waals surface area contributed by atoms with E-state index in [2.05, 4.69) is 63.6 Å². The minimum atomic E-state index is -0.853. The molecule has 3 N–H and O–H groups in total. The first kappa shape index (κ1) is 22.0. The fourth-order valence-corrected chi connectivity index (χ4v) is 4.10. The highest BCUT2D eigenvalue weighted by atomic mass is 127. The van der Waals surface area contributed by atoms with Crippen LogP contribution in [0.4, 0.5) is 10.2 Å². The van der Waals surface area contributed by atoms with Crippen molar-refractivity contribution in [3.63, 3.8) is 0 Å². The van der Waals surface area contributed by atoms with E-state index in [9.17, 15) is 4.39 Å². The SMILES string of the molecule is CC(C)(C)CNCCn1c(Cc2cc3c(cc2I)OCCO3)nc2c(N)nc(F)nc21. The number of hydrogen-bond acceptors (Lipinski definition) is 7. The lowest BCUT2D eigenvalue weighted by molar-refractivity contribution is 0.171. The molecule has 166 valence electrons. The number of fused-ring (bicyclic) bond motifs is 2. The fourth-order valence-electron chi connectivity index (χ4n) is 3.48. The highest BCUT2D eigenvalue weighted by Gasteiger charge is 2.20. The Morgan fingerprint density at radius 2 is 1.87 bits per heavy atom. The lowest BCUT2D eigenvalue weighted by atomic mass is 9.97. The molecule has 3 heterocycles. The number of nitrogens with one attached hydrogen (secondary N) is 1. The molecular formula is C21H26FIN6O2. The summed E-state index contributed by atoms with van der Waals surface area (Å²) in [5, 5.41) is 3.45. The zero-order chi connectivity index (χ0) is 22.2. The van der Waals surface area contributed by atoms with Gasteiger partial charge < -0.3 is 25.1 Å². The smallest absolute Gasteiger partial charge is 0.312 e. The molecule has 10 heteroatoms. The van der Waals surface area contributed by atoms with Gasteiger partial charge in [-0.2, -0.15) is 14.4 Å². The molecule has 1 aliphatic heterocycles. The summed E-state index contributed by atoms with van der Waals surface area (Å²) in [6.07, 6.45) is -0.333. The minimum Gasteiger partial charge on any atom is -0.486 e. The van der Waals surface area contributed by atoms with Crippen LogP contribution in [0.2, 0.25) is 0 Å². The normalized spacial score (nSPS) is 13.7. The first-order valence-corrected chi connectivity index (χ1v) is 11.3. The molecule has 0 spiro atoms. The van der Waals surface area contributed by atoms with Crippen molar-refractivity contribution in [2.75, 3.05) is 32.0 Å². The average molecular weight is 540 g/mol. The second kappa shape index (κ2) is 8.73. The molecule has 1 aromatic carbocycles. The van der Waals surface area contributed by atoms with Gasteiger partial charge in [0.1, 0.15) is 19.0 Å². The molecule has 1 aliphatic rings. The highest BCUT2D eigenvalue weighted by molar-refractivity contribution is 14.1. The van der Waals surface area contributed by atoms with Crippen LogP contribution in [-0.4, -0.2) is 45.8 Å². The maximum absolute atomic E-state index is 13.9. The summed E-state index contributed by atoms with van der Waals surface area (Å²) in [4.78, 5) is 12.3. The van der Waals surface area contributed by atoms with Gasteiger partial charge in [0, 0.05) is 29.6 Å². The molecule has 0 bridgehead atoms. The van der Waals surface area contributed by atoms with Crippen molar-refractivity contribution >= 4 is 39.6 Å². The Morgan fingerprint density at radius 3 is 2.58 bits per heavy atom. The summed E-state index contributed by atoms with van der Waals surface area (Å²) >= 11 is 2.28. The number of anilines is 1. The molecule has 0 amide bonds. The van der Waals surface area contributed by atoms with E-state index in [0.717, 1.165) is 33.0 Å². The fraction of sp³-hybridized carbons (Fsp3) is 0.476. The van der Waals surface area contributed by atoms with Crippen LogP contribution in [0.25, 0.3) is 11.2 Å². The Balaban J connectivity index is 1.67. The van der Waals surface area contributed by atoms with Crippen LogP contribution >= 0.6 is 22.6 Å². The van der Waals surface area contributed by atoms with Crippen LogP contribution < -0.4 is 20.5 Å². The van der Waals surface area contributed by atoms with Crippen LogP contribution in [0.5, 0.6) is 11.5 Å². The van der Waals surface area contributed by atoms with Crippen molar-refractivity contribution < 1.29 is 13.9 Å². The van der Waals surface area contributed by atoms with Crippen LogP contribution in [-0.2, 0) is 13.0 Å². The molecule has 0 unspecified atom stereocenters. The number of nitrogen functional groups attached to an aromatic ring is 1. The third kappa shape index (κ3) is 5.00. The van der Waals surface area contributed by atoms with E-state index < -0.39 is 6.08 Å². The van der Waals surface area contributed by atoms with Gasteiger partial charge in [0.2, 0.25) is 0 Å². The third-order valence-electron chi connectivity index (χ3n) is 4.90. The molecule has 2 aromatic heterocycles. The van der Waals surface area contributed by atoms with E-state index in [1.807, 2.05) is 16.7 Å². The van der Waals surface area contributed by atoms with Crippen LogP contribution in [0.3, 0.4) is 0 Å². The van der Waals surface area contributed by atoms with Gasteiger partial charge in [-0.25, -0.2) is 4.98 Å². The Labute approximate surface area is 193 Å². The minimum absolute atomic E-state index is 0.0435. The van der Waals surface area contributed by atoms with Crippen molar-refractivity contribution in [1.29, 1.82) is 0 Å². The molecule has 3 aromatic rings. The van der Waals surface area contributed by atoms with E-state index in [0.29, 0.717) is 43.9 Å². The first-order valence-electron chi connectivity index (χ1n) is 10.2. The molecule has 0 aliphatic carbocycles. The summed E-state index contributed by atoms with van der Waals surface area (Å²) in [6, 6.07) is 3.95. The van der Waals surface area contributed by atoms with E-state index >= 15 is 0 Å². The molecule has 0 atom stereocenters. The average Bonchev–Trinajstić information content (AvgIpc) is 3.02. The summed E-state index contributed by atoms with van der Waals surface area (Å²) in [5.74, 6) is 2.26. The number of hydrogen-bond donors (Lipinski definition) is 2. The lowest BCUT2D eigenvalue weighted by Gasteiger charge is -2.20. The van der Waals surface area contributed by atoms with E-state index in [1.54, 1.807) is 0 Å². The topological polar surface area (TPSA) is 100 Å². The summed E-state index contributed by atoms with van der Waals surface area (Å²) in [7, 11) is 0. The van der Waals surface area contributed by atoms with Crippen molar-refractivity contribution in [2.45, 2.75) is 33.7 Å². The van der Waals surface area contributed by atoms with Crippen LogP contribution in [0.1, 0.15) is 32.2 Å². The summed E-state index contributed by atoms with van der Waals surface area (Å²) < 4.78 is 28.3. The van der Waals surface area contributed by atoms with Gasteiger partial charge in [-0.3, -0.25) is 0 Å². The molecular weight excluding hydrogens is 514 g/mol. The number of rotatable bonds is 6. The molecule has 0 saturated heterocycles. The zero-order valence-electron chi connectivity index (χ0n) is 17.8. The molecule has 4 rings (SSSR count). The maximum Gasteiger partial charge on any atom is 0.312 e. The van der Waals surface area contributed by atoms with Crippen molar-refractivity contribution in [1.82, 2.24) is 24.8 Å². The van der Waals surface area contributed by atoms with Crippen molar-refractivity contribution in [3.8, 4) is 11.5 Å². The van der Waals surface area contributed by atoms with Gasteiger partial charge >= 0.3 is 6.08 Å². The summed E-state index contributed by atoms with van der Waals surface area (Å²) in [5.41, 5.74) is 7.97. The third-order valence-corrected chi connectivity index (χ3v) is 5.90. The molecule has 0 radical (unpaired) electrons. The van der Waals surface area contributed by atoms with Gasteiger partial charge in [0.05, 0.1) is 0 Å². The number of halogens is 2. The highest BCUT2D eigenvalue weighted by Crippen LogP contribution is 2.35. The van der Waals surface area contributed by atoms with Gasteiger partial charge in [-0.05, 0) is 45.7 Å². The Kier molecular flexibility index (Phi) is 6.20. The lowest BCUT2D eigenvalue weighted by Crippen LogP contribution is -2.30. The number of benzene rings is 1. The number of nitrogens with zero attached hydrogens (tertiary/aromatic N) is 4. The van der Waals surface area contributed by atoms with Crippen LogP contribution in [0, 0.1) is 15.1 Å². The second-order valence-electron chi connectivity index (χ2n) is 8.73. The van der Waals surface area contributed by atoms with Crippen LogP contribution in [0.15, 0.2) is 12.1 Å². The second-order valence-corrected chi connectivity index (χ2v) is 9.89. The van der Waals surface area contributed by atoms with E-state index in [-0.39, 0.29) is 11.2 Å². The quantitative estimate of drug-likeness (QED) is 0.282. The van der Waals surface area contributed by atoms with Gasteiger partial charge in [0.15, 0.2) is 28.5 Å². The maximum atomic E-state index is 13.9. The standard InChI is InChI=1S/C21H26FIN6O2/c1-21(2,3)11-25-4-5-29-16(26-17-18(24)27-20(22)28-19(17)29)9-12-8-14-15(10-13(12)23)31-7-6-30-14/h8,10,25H,4-7,9,11H2,1-3H3,(H2,24,27,28). The Bertz CT molecular complexity index is 1110. The number of nitrogens with two attached hydrogens (primary N) is 1. The van der Waals surface area contributed by atoms with E-state index in [1.165, 1.54) is 0 Å².